The Kier molecular flexibility index (Phi) is 4.48. The van der Waals surface area contributed by atoms with Crippen LogP contribution in [0.2, 0.25) is 0 Å². The maximum absolute atomic E-state index is 13.2. The van der Waals surface area contributed by atoms with Crippen molar-refractivity contribution in [1.82, 2.24) is 0 Å². The summed E-state index contributed by atoms with van der Waals surface area (Å²) in [6, 6.07) is 22.7. The van der Waals surface area contributed by atoms with Crippen LogP contribution in [-0.2, 0) is 0 Å². The Hall–Kier alpha value is -2.94. The van der Waals surface area contributed by atoms with Crippen molar-refractivity contribution < 1.29 is 4.39 Å². The van der Waals surface area contributed by atoms with Gasteiger partial charge in [0.1, 0.15) is 5.82 Å². The molecular weight excluding hydrogens is 287 g/mol. The molecule has 0 heterocycles. The number of aryl methyl sites for hydroxylation is 1. The van der Waals surface area contributed by atoms with Crippen LogP contribution in [0.15, 0.2) is 77.9 Å². The van der Waals surface area contributed by atoms with Crippen LogP contribution in [0.25, 0.3) is 11.1 Å². The molecule has 0 amide bonds. The van der Waals surface area contributed by atoms with Gasteiger partial charge in [0.05, 0.1) is 11.9 Å². The van der Waals surface area contributed by atoms with Crippen LogP contribution in [0.4, 0.5) is 10.1 Å². The molecule has 3 heteroatoms. The third-order valence-corrected chi connectivity index (χ3v) is 3.59. The number of hydrogen-bond donors (Lipinski definition) is 1. The summed E-state index contributed by atoms with van der Waals surface area (Å²) in [6.45, 7) is 1.91. The van der Waals surface area contributed by atoms with Gasteiger partial charge in [0, 0.05) is 0 Å². The highest BCUT2D eigenvalue weighted by atomic mass is 19.1. The molecule has 0 unspecified atom stereocenters. The Labute approximate surface area is 135 Å². The van der Waals surface area contributed by atoms with Gasteiger partial charge in [-0.25, -0.2) is 4.39 Å². The summed E-state index contributed by atoms with van der Waals surface area (Å²) in [7, 11) is 0. The molecule has 3 aromatic carbocycles. The number of benzene rings is 3. The zero-order chi connectivity index (χ0) is 16.1. The van der Waals surface area contributed by atoms with E-state index in [1.54, 1.807) is 12.3 Å². The van der Waals surface area contributed by atoms with Crippen molar-refractivity contribution >= 4 is 11.9 Å². The predicted octanol–water partition coefficient (Wildman–Crippen LogP) is 5.25. The number of hydrogen-bond acceptors (Lipinski definition) is 2. The van der Waals surface area contributed by atoms with Gasteiger partial charge in [-0.3, -0.25) is 5.43 Å². The zero-order valence-electron chi connectivity index (χ0n) is 12.8. The lowest BCUT2D eigenvalue weighted by molar-refractivity contribution is 0.627. The lowest BCUT2D eigenvalue weighted by Gasteiger charge is -2.06. The minimum atomic E-state index is -0.206. The van der Waals surface area contributed by atoms with Gasteiger partial charge in [-0.15, -0.1) is 0 Å². The van der Waals surface area contributed by atoms with Crippen LogP contribution < -0.4 is 5.43 Å². The average molecular weight is 304 g/mol. The average Bonchev–Trinajstić information content (AvgIpc) is 2.57. The molecule has 0 spiro atoms. The second-order valence-electron chi connectivity index (χ2n) is 5.32. The second-order valence-corrected chi connectivity index (χ2v) is 5.32. The smallest absolute Gasteiger partial charge is 0.123 e. The molecule has 0 fully saturated rings. The number of para-hydroxylation sites is 1. The summed E-state index contributed by atoms with van der Waals surface area (Å²) in [5, 5.41) is 4.22. The molecule has 3 rings (SSSR count). The molecule has 0 aromatic heterocycles. The summed E-state index contributed by atoms with van der Waals surface area (Å²) in [6.07, 6.45) is 1.77. The summed E-state index contributed by atoms with van der Waals surface area (Å²) in [5.74, 6) is -0.206. The number of nitrogens with zero attached hydrogens (tertiary/aromatic N) is 1. The van der Waals surface area contributed by atoms with E-state index in [4.69, 9.17) is 0 Å². The van der Waals surface area contributed by atoms with E-state index in [2.05, 4.69) is 10.5 Å². The SMILES string of the molecule is Cc1cc(F)ccc1-c1ccc(C=NNc2ccccc2)cc1. The molecule has 114 valence electrons. The van der Waals surface area contributed by atoms with Gasteiger partial charge in [-0.05, 0) is 53.4 Å². The highest BCUT2D eigenvalue weighted by Gasteiger charge is 2.02. The van der Waals surface area contributed by atoms with E-state index in [1.807, 2.05) is 67.6 Å². The monoisotopic (exact) mass is 304 g/mol. The molecule has 3 aromatic rings. The Balaban J connectivity index is 1.72. The van der Waals surface area contributed by atoms with Crippen molar-refractivity contribution in [2.24, 2.45) is 5.10 Å². The van der Waals surface area contributed by atoms with Gasteiger partial charge < -0.3 is 0 Å². The van der Waals surface area contributed by atoms with E-state index >= 15 is 0 Å². The van der Waals surface area contributed by atoms with Crippen molar-refractivity contribution in [2.45, 2.75) is 6.92 Å². The summed E-state index contributed by atoms with van der Waals surface area (Å²) in [4.78, 5) is 0. The molecule has 0 saturated heterocycles. The van der Waals surface area contributed by atoms with Crippen LogP contribution in [0.3, 0.4) is 0 Å². The van der Waals surface area contributed by atoms with Gasteiger partial charge in [0.2, 0.25) is 0 Å². The maximum atomic E-state index is 13.2. The number of nitrogens with one attached hydrogen (secondary N) is 1. The molecule has 0 bridgehead atoms. The standard InChI is InChI=1S/C20H17FN2/c1-15-13-18(21)11-12-20(15)17-9-7-16(8-10-17)14-22-23-19-5-3-2-4-6-19/h2-14,23H,1H3. The van der Waals surface area contributed by atoms with E-state index in [1.165, 1.54) is 6.07 Å². The zero-order valence-corrected chi connectivity index (χ0v) is 12.8. The Morgan fingerprint density at radius 1 is 0.913 bits per heavy atom. The van der Waals surface area contributed by atoms with Crippen molar-refractivity contribution in [3.8, 4) is 11.1 Å². The Morgan fingerprint density at radius 3 is 2.35 bits per heavy atom. The first kappa shape index (κ1) is 15.0. The van der Waals surface area contributed by atoms with E-state index in [9.17, 15) is 4.39 Å². The van der Waals surface area contributed by atoms with Gasteiger partial charge in [-0.2, -0.15) is 5.10 Å². The first-order chi connectivity index (χ1) is 11.2. The minimum absolute atomic E-state index is 0.206. The molecule has 0 saturated carbocycles. The van der Waals surface area contributed by atoms with Crippen LogP contribution in [0.1, 0.15) is 11.1 Å². The second kappa shape index (κ2) is 6.88. The Bertz CT molecular complexity index is 809. The molecular formula is C20H17FN2. The molecule has 0 aliphatic carbocycles. The maximum Gasteiger partial charge on any atom is 0.123 e. The summed E-state index contributed by atoms with van der Waals surface area (Å²) in [5.41, 5.74) is 7.96. The summed E-state index contributed by atoms with van der Waals surface area (Å²) >= 11 is 0. The van der Waals surface area contributed by atoms with E-state index in [0.29, 0.717) is 0 Å². The lowest BCUT2D eigenvalue weighted by Crippen LogP contribution is -1.90. The predicted molar refractivity (Wildman–Crippen MR) is 94.2 cm³/mol. The minimum Gasteiger partial charge on any atom is -0.279 e. The Morgan fingerprint density at radius 2 is 1.65 bits per heavy atom. The molecule has 2 nitrogen and oxygen atoms in total. The fourth-order valence-corrected chi connectivity index (χ4v) is 2.39. The summed E-state index contributed by atoms with van der Waals surface area (Å²) < 4.78 is 13.2. The highest BCUT2D eigenvalue weighted by Crippen LogP contribution is 2.24. The third kappa shape index (κ3) is 3.83. The number of rotatable bonds is 4. The van der Waals surface area contributed by atoms with E-state index in [0.717, 1.165) is 27.9 Å². The van der Waals surface area contributed by atoms with Gasteiger partial charge in [0.25, 0.3) is 0 Å². The van der Waals surface area contributed by atoms with Crippen molar-refractivity contribution in [3.05, 3.63) is 89.7 Å². The number of hydrazone groups is 1. The van der Waals surface area contributed by atoms with Crippen LogP contribution in [-0.4, -0.2) is 6.21 Å². The molecule has 0 aliphatic heterocycles. The van der Waals surface area contributed by atoms with E-state index < -0.39 is 0 Å². The van der Waals surface area contributed by atoms with Crippen molar-refractivity contribution in [2.75, 3.05) is 5.43 Å². The van der Waals surface area contributed by atoms with Gasteiger partial charge in [-0.1, -0.05) is 48.5 Å². The molecule has 0 aliphatic rings. The van der Waals surface area contributed by atoms with E-state index in [-0.39, 0.29) is 5.82 Å². The first-order valence-electron chi connectivity index (χ1n) is 7.43. The third-order valence-electron chi connectivity index (χ3n) is 3.59. The fraction of sp³-hybridized carbons (Fsp3) is 0.0500. The quantitative estimate of drug-likeness (QED) is 0.517. The van der Waals surface area contributed by atoms with Gasteiger partial charge in [0.15, 0.2) is 0 Å². The van der Waals surface area contributed by atoms with Gasteiger partial charge >= 0.3 is 0 Å². The molecule has 23 heavy (non-hydrogen) atoms. The number of anilines is 1. The van der Waals surface area contributed by atoms with Crippen molar-refractivity contribution in [1.29, 1.82) is 0 Å². The van der Waals surface area contributed by atoms with Crippen LogP contribution in [0.5, 0.6) is 0 Å². The van der Waals surface area contributed by atoms with Crippen molar-refractivity contribution in [3.63, 3.8) is 0 Å². The molecule has 0 atom stereocenters. The first-order valence-corrected chi connectivity index (χ1v) is 7.43. The fourth-order valence-electron chi connectivity index (χ4n) is 2.39. The molecule has 1 N–H and O–H groups in total. The molecule has 0 radical (unpaired) electrons. The highest BCUT2D eigenvalue weighted by molar-refractivity contribution is 5.81. The van der Waals surface area contributed by atoms with Crippen LogP contribution >= 0.6 is 0 Å². The largest absolute Gasteiger partial charge is 0.279 e. The lowest BCUT2D eigenvalue weighted by atomic mass is 9.99. The number of halogens is 1. The normalized spacial score (nSPS) is 10.9. The van der Waals surface area contributed by atoms with Crippen LogP contribution in [0, 0.1) is 12.7 Å². The topological polar surface area (TPSA) is 24.4 Å².